The van der Waals surface area contributed by atoms with Crippen LogP contribution in [0, 0.1) is 5.41 Å². The lowest BCUT2D eigenvalue weighted by Crippen LogP contribution is -2.49. The Kier molecular flexibility index (Phi) is 4.78. The molecule has 5 nitrogen and oxygen atoms in total. The van der Waals surface area contributed by atoms with E-state index in [9.17, 15) is 13.2 Å². The van der Waals surface area contributed by atoms with Gasteiger partial charge in [0, 0.05) is 24.5 Å². The van der Waals surface area contributed by atoms with Gasteiger partial charge < -0.3 is 5.32 Å². The van der Waals surface area contributed by atoms with Gasteiger partial charge in [-0.3, -0.25) is 4.79 Å². The fourth-order valence-corrected chi connectivity index (χ4v) is 3.00. The Labute approximate surface area is 110 Å². The van der Waals surface area contributed by atoms with Crippen LogP contribution in [0.15, 0.2) is 0 Å². The minimum absolute atomic E-state index is 0.0271. The highest BCUT2D eigenvalue weighted by atomic mass is 32.2. The first-order valence-electron chi connectivity index (χ1n) is 6.45. The zero-order valence-corrected chi connectivity index (χ0v) is 12.5. The number of carbonyl (C=O) groups excluding carboxylic acids is 1. The molecule has 1 amide bonds. The van der Waals surface area contributed by atoms with E-state index in [0.717, 1.165) is 0 Å². The topological polar surface area (TPSA) is 66.5 Å². The van der Waals surface area contributed by atoms with Gasteiger partial charge in [0.15, 0.2) is 0 Å². The van der Waals surface area contributed by atoms with Gasteiger partial charge in [-0.05, 0) is 19.8 Å². The number of hydrogen-bond acceptors (Lipinski definition) is 3. The van der Waals surface area contributed by atoms with Crippen LogP contribution in [0.25, 0.3) is 0 Å². The summed E-state index contributed by atoms with van der Waals surface area (Å²) in [6.07, 6.45) is 1.39. The van der Waals surface area contributed by atoms with Crippen molar-refractivity contribution >= 4 is 15.9 Å². The predicted octanol–water partition coefficient (Wildman–Crippen LogP) is 0.963. The molecule has 106 valence electrons. The second-order valence-electron chi connectivity index (χ2n) is 5.80. The molecule has 0 saturated carbocycles. The summed E-state index contributed by atoms with van der Waals surface area (Å²) in [6.45, 7) is 8.29. The van der Waals surface area contributed by atoms with Crippen LogP contribution in [-0.4, -0.2) is 43.5 Å². The van der Waals surface area contributed by atoms with Crippen LogP contribution in [0.4, 0.5) is 0 Å². The zero-order chi connectivity index (χ0) is 14.0. The zero-order valence-electron chi connectivity index (χ0n) is 11.7. The number of carbonyl (C=O) groups is 1. The molecule has 0 radical (unpaired) electrons. The van der Waals surface area contributed by atoms with E-state index in [1.54, 1.807) is 6.92 Å². The van der Waals surface area contributed by atoms with Crippen molar-refractivity contribution < 1.29 is 13.2 Å². The SMILES string of the molecule is CCS(=O)(=O)N1CCC(NC(=O)C(C)(C)C)CC1. The summed E-state index contributed by atoms with van der Waals surface area (Å²) in [4.78, 5) is 11.8. The van der Waals surface area contributed by atoms with E-state index in [1.807, 2.05) is 20.8 Å². The van der Waals surface area contributed by atoms with E-state index in [1.165, 1.54) is 4.31 Å². The molecule has 6 heteroatoms. The van der Waals surface area contributed by atoms with E-state index in [0.29, 0.717) is 25.9 Å². The highest BCUT2D eigenvalue weighted by Crippen LogP contribution is 2.17. The third kappa shape index (κ3) is 3.95. The average molecular weight is 276 g/mol. The van der Waals surface area contributed by atoms with Gasteiger partial charge in [0.05, 0.1) is 5.75 Å². The second kappa shape index (κ2) is 5.57. The van der Waals surface area contributed by atoms with Crippen molar-refractivity contribution in [1.29, 1.82) is 0 Å². The fourth-order valence-electron chi connectivity index (χ4n) is 1.86. The molecule has 0 aliphatic carbocycles. The van der Waals surface area contributed by atoms with Crippen LogP contribution in [0.1, 0.15) is 40.5 Å². The van der Waals surface area contributed by atoms with Gasteiger partial charge in [-0.15, -0.1) is 0 Å². The molecule has 1 fully saturated rings. The molecule has 0 aromatic rings. The predicted molar refractivity (Wildman–Crippen MR) is 71.7 cm³/mol. The molecule has 1 N–H and O–H groups in total. The van der Waals surface area contributed by atoms with Crippen molar-refractivity contribution in [3.8, 4) is 0 Å². The number of amides is 1. The minimum Gasteiger partial charge on any atom is -0.353 e. The number of hydrogen-bond donors (Lipinski definition) is 1. The molecule has 1 aliphatic heterocycles. The molecular formula is C12H24N2O3S. The largest absolute Gasteiger partial charge is 0.353 e. The van der Waals surface area contributed by atoms with E-state index >= 15 is 0 Å². The second-order valence-corrected chi connectivity index (χ2v) is 8.05. The highest BCUT2D eigenvalue weighted by Gasteiger charge is 2.29. The monoisotopic (exact) mass is 276 g/mol. The van der Waals surface area contributed by atoms with Gasteiger partial charge in [-0.25, -0.2) is 12.7 Å². The van der Waals surface area contributed by atoms with Crippen molar-refractivity contribution in [1.82, 2.24) is 9.62 Å². The summed E-state index contributed by atoms with van der Waals surface area (Å²) >= 11 is 0. The van der Waals surface area contributed by atoms with Gasteiger partial charge in [0.2, 0.25) is 15.9 Å². The summed E-state index contributed by atoms with van der Waals surface area (Å²) in [6, 6.07) is 0.0973. The normalized spacial score (nSPS) is 19.8. The molecule has 0 atom stereocenters. The maximum atomic E-state index is 11.8. The Hall–Kier alpha value is -0.620. The fraction of sp³-hybridized carbons (Fsp3) is 0.917. The van der Waals surface area contributed by atoms with Crippen LogP contribution in [-0.2, 0) is 14.8 Å². The van der Waals surface area contributed by atoms with E-state index < -0.39 is 15.4 Å². The Morgan fingerprint density at radius 2 is 1.78 bits per heavy atom. The molecule has 0 unspecified atom stereocenters. The molecule has 1 aliphatic rings. The summed E-state index contributed by atoms with van der Waals surface area (Å²) in [7, 11) is -3.08. The number of sulfonamides is 1. The lowest BCUT2D eigenvalue weighted by atomic mass is 9.94. The highest BCUT2D eigenvalue weighted by molar-refractivity contribution is 7.89. The van der Waals surface area contributed by atoms with Gasteiger partial charge in [-0.2, -0.15) is 0 Å². The van der Waals surface area contributed by atoms with Crippen LogP contribution >= 0.6 is 0 Å². The van der Waals surface area contributed by atoms with Crippen LogP contribution in [0.3, 0.4) is 0 Å². The van der Waals surface area contributed by atoms with Crippen LogP contribution < -0.4 is 5.32 Å². The number of nitrogens with zero attached hydrogens (tertiary/aromatic N) is 1. The molecule has 1 rings (SSSR count). The molecule has 1 saturated heterocycles. The molecule has 0 spiro atoms. The van der Waals surface area contributed by atoms with Crippen molar-refractivity contribution in [2.24, 2.45) is 5.41 Å². The van der Waals surface area contributed by atoms with E-state index in [-0.39, 0.29) is 17.7 Å². The first-order valence-corrected chi connectivity index (χ1v) is 8.06. The number of nitrogens with one attached hydrogen (secondary N) is 1. The van der Waals surface area contributed by atoms with E-state index in [4.69, 9.17) is 0 Å². The van der Waals surface area contributed by atoms with Gasteiger partial charge >= 0.3 is 0 Å². The quantitative estimate of drug-likeness (QED) is 0.835. The summed E-state index contributed by atoms with van der Waals surface area (Å²) in [5, 5.41) is 2.99. The third-order valence-electron chi connectivity index (χ3n) is 3.23. The molecule has 18 heavy (non-hydrogen) atoms. The van der Waals surface area contributed by atoms with Crippen molar-refractivity contribution in [2.75, 3.05) is 18.8 Å². The molecule has 1 heterocycles. The Morgan fingerprint density at radius 1 is 1.28 bits per heavy atom. The van der Waals surface area contributed by atoms with Gasteiger partial charge in [-0.1, -0.05) is 20.8 Å². The first-order chi connectivity index (χ1) is 8.16. The van der Waals surface area contributed by atoms with Gasteiger partial charge in [0.25, 0.3) is 0 Å². The maximum Gasteiger partial charge on any atom is 0.225 e. The average Bonchev–Trinajstić information content (AvgIpc) is 2.28. The molecule has 0 bridgehead atoms. The summed E-state index contributed by atoms with van der Waals surface area (Å²) < 4.78 is 24.9. The summed E-state index contributed by atoms with van der Waals surface area (Å²) in [5.41, 5.74) is -0.396. The first kappa shape index (κ1) is 15.4. The van der Waals surface area contributed by atoms with Crippen molar-refractivity contribution in [2.45, 2.75) is 46.6 Å². The molecular weight excluding hydrogens is 252 g/mol. The maximum absolute atomic E-state index is 11.8. The standard InChI is InChI=1S/C12H24N2O3S/c1-5-18(16,17)14-8-6-10(7-9-14)13-11(15)12(2,3)4/h10H,5-9H2,1-4H3,(H,13,15). The minimum atomic E-state index is -3.08. The number of piperidine rings is 1. The third-order valence-corrected chi connectivity index (χ3v) is 5.11. The van der Waals surface area contributed by atoms with Crippen LogP contribution in [0.5, 0.6) is 0 Å². The Morgan fingerprint density at radius 3 is 2.17 bits per heavy atom. The van der Waals surface area contributed by atoms with E-state index in [2.05, 4.69) is 5.32 Å². The Balaban J connectivity index is 2.48. The smallest absolute Gasteiger partial charge is 0.225 e. The lowest BCUT2D eigenvalue weighted by molar-refractivity contribution is -0.129. The van der Waals surface area contributed by atoms with Gasteiger partial charge in [0.1, 0.15) is 0 Å². The molecule has 0 aromatic carbocycles. The summed E-state index contributed by atoms with van der Waals surface area (Å²) in [5.74, 6) is 0.172. The van der Waals surface area contributed by atoms with Crippen LogP contribution in [0.2, 0.25) is 0 Å². The van der Waals surface area contributed by atoms with Crippen molar-refractivity contribution in [3.63, 3.8) is 0 Å². The lowest BCUT2D eigenvalue weighted by Gasteiger charge is -2.32. The Bertz CT molecular complexity index is 390. The number of rotatable bonds is 3. The molecule has 0 aromatic heterocycles. The van der Waals surface area contributed by atoms with Crippen molar-refractivity contribution in [3.05, 3.63) is 0 Å².